The quantitative estimate of drug-likeness (QED) is 0.653. The van der Waals surface area contributed by atoms with Crippen LogP contribution in [0, 0.1) is 0 Å². The van der Waals surface area contributed by atoms with Crippen molar-refractivity contribution >= 4 is 6.08 Å². The largest absolute Gasteiger partial charge is 0.394 e. The molecule has 1 aliphatic rings. The summed E-state index contributed by atoms with van der Waals surface area (Å²) in [6.07, 6.45) is -1.26. The van der Waals surface area contributed by atoms with Crippen LogP contribution in [0.3, 0.4) is 0 Å². The van der Waals surface area contributed by atoms with Crippen LogP contribution in [-0.2, 0) is 4.74 Å². The van der Waals surface area contributed by atoms with Gasteiger partial charge in [0.1, 0.15) is 24.4 Å². The third kappa shape index (κ3) is 4.20. The molecule has 5 heteroatoms. The van der Waals surface area contributed by atoms with Gasteiger partial charge in [-0.2, -0.15) is 0 Å². The van der Waals surface area contributed by atoms with Gasteiger partial charge >= 0.3 is 0 Å². The van der Waals surface area contributed by atoms with Crippen LogP contribution in [0.5, 0.6) is 0 Å². The fourth-order valence-corrected chi connectivity index (χ4v) is 3.13. The number of benzene rings is 2. The third-order valence-corrected chi connectivity index (χ3v) is 4.69. The van der Waals surface area contributed by atoms with Crippen LogP contribution < -0.4 is 0 Å². The van der Waals surface area contributed by atoms with E-state index in [-0.39, 0.29) is 0 Å². The Labute approximate surface area is 152 Å². The highest BCUT2D eigenvalue weighted by Crippen LogP contribution is 2.24. The van der Waals surface area contributed by atoms with Gasteiger partial charge in [0.15, 0.2) is 0 Å². The molecule has 138 valence electrons. The molecule has 5 nitrogen and oxygen atoms in total. The zero-order chi connectivity index (χ0) is 18.5. The van der Waals surface area contributed by atoms with E-state index in [0.717, 1.165) is 16.7 Å². The van der Waals surface area contributed by atoms with Crippen molar-refractivity contribution in [3.05, 3.63) is 66.2 Å². The van der Waals surface area contributed by atoms with Crippen LogP contribution in [0.15, 0.2) is 60.7 Å². The summed E-state index contributed by atoms with van der Waals surface area (Å²) < 4.78 is 5.48. The number of aliphatic hydroxyl groups excluding tert-OH is 4. The molecule has 1 aliphatic heterocycles. The lowest BCUT2D eigenvalue weighted by atomic mass is 9.93. The fraction of sp³-hybridized carbons (Fsp3) is 0.333. The molecule has 2 aromatic rings. The average Bonchev–Trinajstić information content (AvgIpc) is 2.69. The van der Waals surface area contributed by atoms with Crippen LogP contribution >= 0.6 is 0 Å². The minimum Gasteiger partial charge on any atom is -0.394 e. The highest BCUT2D eigenvalue weighted by molar-refractivity contribution is 5.65. The third-order valence-electron chi connectivity index (χ3n) is 4.69. The van der Waals surface area contributed by atoms with Crippen molar-refractivity contribution < 1.29 is 25.2 Å². The van der Waals surface area contributed by atoms with Gasteiger partial charge in [-0.3, -0.25) is 0 Å². The van der Waals surface area contributed by atoms with Crippen molar-refractivity contribution in [1.29, 1.82) is 0 Å². The highest BCUT2D eigenvalue weighted by Gasteiger charge is 2.42. The SMILES string of the molecule is OC[C@H]1O[C@H](C/C=C\c2ccc(-c3ccccc3)cc2)[C@@H](O)[C@@H](O)[C@@H]1O. The van der Waals surface area contributed by atoms with Crippen molar-refractivity contribution in [2.45, 2.75) is 36.9 Å². The van der Waals surface area contributed by atoms with Gasteiger partial charge in [0.05, 0.1) is 12.7 Å². The molecule has 2 aromatic carbocycles. The lowest BCUT2D eigenvalue weighted by molar-refractivity contribution is -0.227. The lowest BCUT2D eigenvalue weighted by Crippen LogP contribution is -2.58. The summed E-state index contributed by atoms with van der Waals surface area (Å²) in [5.41, 5.74) is 3.30. The Morgan fingerprint density at radius 3 is 2.04 bits per heavy atom. The van der Waals surface area contributed by atoms with Crippen molar-refractivity contribution in [2.24, 2.45) is 0 Å². The highest BCUT2D eigenvalue weighted by atomic mass is 16.5. The number of ether oxygens (including phenoxy) is 1. The molecule has 1 fully saturated rings. The molecule has 1 heterocycles. The second-order valence-corrected chi connectivity index (χ2v) is 6.49. The number of hydrogen-bond acceptors (Lipinski definition) is 5. The van der Waals surface area contributed by atoms with E-state index in [9.17, 15) is 20.4 Å². The van der Waals surface area contributed by atoms with Gasteiger partial charge in [-0.05, 0) is 23.1 Å². The number of aliphatic hydroxyl groups is 4. The Hall–Kier alpha value is -2.02. The summed E-state index contributed by atoms with van der Waals surface area (Å²) in [6.45, 7) is -0.411. The molecule has 1 saturated heterocycles. The van der Waals surface area contributed by atoms with Crippen LogP contribution in [0.4, 0.5) is 0 Å². The Bertz CT molecular complexity index is 711. The standard InChI is InChI=1S/C21H24O5/c22-13-18-20(24)21(25)19(23)17(26-18)8-4-5-14-9-11-16(12-10-14)15-6-2-1-3-7-15/h1-7,9-12,17-25H,8,13H2/b5-4-/t17-,18-,19-,20-,21-/m1/s1. The molecule has 4 N–H and O–H groups in total. The molecular formula is C21H24O5. The predicted molar refractivity (Wildman–Crippen MR) is 99.3 cm³/mol. The van der Waals surface area contributed by atoms with Gasteiger partial charge in [-0.15, -0.1) is 0 Å². The van der Waals surface area contributed by atoms with Crippen molar-refractivity contribution in [3.8, 4) is 11.1 Å². The molecule has 0 spiro atoms. The van der Waals surface area contributed by atoms with E-state index in [1.54, 1.807) is 0 Å². The first-order chi connectivity index (χ1) is 12.6. The van der Waals surface area contributed by atoms with Crippen LogP contribution in [0.1, 0.15) is 12.0 Å². The summed E-state index contributed by atoms with van der Waals surface area (Å²) in [5.74, 6) is 0. The lowest BCUT2D eigenvalue weighted by Gasteiger charge is -2.39. The van der Waals surface area contributed by atoms with Gasteiger partial charge in [-0.1, -0.05) is 66.7 Å². The molecule has 0 amide bonds. The van der Waals surface area contributed by atoms with E-state index in [1.807, 2.05) is 54.6 Å². The van der Waals surface area contributed by atoms with Gasteiger partial charge in [-0.25, -0.2) is 0 Å². The minimum absolute atomic E-state index is 0.363. The Morgan fingerprint density at radius 2 is 1.38 bits per heavy atom. The van der Waals surface area contributed by atoms with Gasteiger partial charge in [0.25, 0.3) is 0 Å². The summed E-state index contributed by atoms with van der Waals surface area (Å²) >= 11 is 0. The van der Waals surface area contributed by atoms with Gasteiger partial charge < -0.3 is 25.2 Å². The topological polar surface area (TPSA) is 90.2 Å². The second-order valence-electron chi connectivity index (χ2n) is 6.49. The smallest absolute Gasteiger partial charge is 0.111 e. The first-order valence-electron chi connectivity index (χ1n) is 8.72. The maximum Gasteiger partial charge on any atom is 0.111 e. The van der Waals surface area contributed by atoms with E-state index in [1.165, 1.54) is 0 Å². The van der Waals surface area contributed by atoms with Crippen molar-refractivity contribution in [1.82, 2.24) is 0 Å². The molecule has 0 unspecified atom stereocenters. The molecule has 3 rings (SSSR count). The maximum absolute atomic E-state index is 10.0. The van der Waals surface area contributed by atoms with Gasteiger partial charge in [0, 0.05) is 0 Å². The monoisotopic (exact) mass is 356 g/mol. The number of hydrogen-bond donors (Lipinski definition) is 4. The number of rotatable bonds is 5. The van der Waals surface area contributed by atoms with Crippen LogP contribution in [0.25, 0.3) is 17.2 Å². The first kappa shape index (κ1) is 18.8. The molecule has 0 radical (unpaired) electrons. The van der Waals surface area contributed by atoms with E-state index >= 15 is 0 Å². The van der Waals surface area contributed by atoms with E-state index < -0.39 is 37.1 Å². The molecule has 0 saturated carbocycles. The zero-order valence-corrected chi connectivity index (χ0v) is 14.3. The summed E-state index contributed by atoms with van der Waals surface area (Å²) in [5, 5.41) is 38.8. The van der Waals surface area contributed by atoms with E-state index in [0.29, 0.717) is 6.42 Å². The summed E-state index contributed by atoms with van der Waals surface area (Å²) in [4.78, 5) is 0. The predicted octanol–water partition coefficient (Wildman–Crippen LogP) is 1.60. The summed E-state index contributed by atoms with van der Waals surface area (Å²) in [6, 6.07) is 18.2. The maximum atomic E-state index is 10.0. The fourth-order valence-electron chi connectivity index (χ4n) is 3.13. The molecule has 26 heavy (non-hydrogen) atoms. The molecule has 5 atom stereocenters. The van der Waals surface area contributed by atoms with Gasteiger partial charge in [0.2, 0.25) is 0 Å². The van der Waals surface area contributed by atoms with E-state index in [2.05, 4.69) is 12.1 Å². The van der Waals surface area contributed by atoms with E-state index in [4.69, 9.17) is 4.74 Å². The normalized spacial score (nSPS) is 29.2. The Kier molecular flexibility index (Phi) is 6.19. The summed E-state index contributed by atoms with van der Waals surface area (Å²) in [7, 11) is 0. The molecule has 0 aliphatic carbocycles. The van der Waals surface area contributed by atoms with Crippen LogP contribution in [-0.4, -0.2) is 57.6 Å². The Balaban J connectivity index is 1.61. The average molecular weight is 356 g/mol. The van der Waals surface area contributed by atoms with Crippen LogP contribution in [0.2, 0.25) is 0 Å². The molecule has 0 aromatic heterocycles. The first-order valence-corrected chi connectivity index (χ1v) is 8.72. The molecular weight excluding hydrogens is 332 g/mol. The van der Waals surface area contributed by atoms with Crippen molar-refractivity contribution in [3.63, 3.8) is 0 Å². The Morgan fingerprint density at radius 1 is 0.769 bits per heavy atom. The molecule has 0 bridgehead atoms. The second kappa shape index (κ2) is 8.58. The minimum atomic E-state index is -1.33. The van der Waals surface area contributed by atoms with Crippen molar-refractivity contribution in [2.75, 3.05) is 6.61 Å². The zero-order valence-electron chi connectivity index (χ0n) is 14.3.